The number of nitrogens with one attached hydrogen (secondary N) is 1. The summed E-state index contributed by atoms with van der Waals surface area (Å²) in [5, 5.41) is 6.74. The Hall–Kier alpha value is -2.05. The summed E-state index contributed by atoms with van der Waals surface area (Å²) in [6.07, 6.45) is 3.73. The second-order valence-corrected chi connectivity index (χ2v) is 7.44. The molecular weight excluding hydrogens is 335 g/mol. The van der Waals surface area contributed by atoms with Crippen molar-refractivity contribution in [3.63, 3.8) is 0 Å². The number of hydrogen-bond donors (Lipinski definition) is 1. The van der Waals surface area contributed by atoms with Crippen LogP contribution in [0.25, 0.3) is 10.2 Å². The van der Waals surface area contributed by atoms with E-state index in [1.807, 2.05) is 11.4 Å². The first kappa shape index (κ1) is 16.4. The molecule has 1 aromatic carbocycles. The molecule has 130 valence electrons. The van der Waals surface area contributed by atoms with Gasteiger partial charge in [-0.05, 0) is 48.9 Å². The first-order valence-corrected chi connectivity index (χ1v) is 9.53. The number of fused-ring (bicyclic) bond motifs is 1. The number of thiophene rings is 1. The topological polar surface area (TPSA) is 41.0 Å². The molecule has 1 atom stereocenters. The van der Waals surface area contributed by atoms with Crippen LogP contribution in [0.15, 0.2) is 42.0 Å². The molecule has 0 bridgehead atoms. The van der Waals surface area contributed by atoms with Crippen LogP contribution in [0.1, 0.15) is 31.4 Å². The molecule has 3 heterocycles. The lowest BCUT2D eigenvalue weighted by Crippen LogP contribution is -2.40. The minimum Gasteiger partial charge on any atom is -0.367 e. The fourth-order valence-electron chi connectivity index (χ4n) is 3.51. The van der Waals surface area contributed by atoms with E-state index in [1.54, 1.807) is 29.8 Å². The Morgan fingerprint density at radius 3 is 2.88 bits per heavy atom. The Balaban J connectivity index is 1.39. The fraction of sp³-hybridized carbons (Fsp3) is 0.368. The summed E-state index contributed by atoms with van der Waals surface area (Å²) >= 11 is 1.64. The van der Waals surface area contributed by atoms with Gasteiger partial charge in [0.2, 0.25) is 0 Å². The van der Waals surface area contributed by atoms with Crippen LogP contribution in [0, 0.1) is 5.82 Å². The number of benzene rings is 1. The van der Waals surface area contributed by atoms with Gasteiger partial charge in [-0.1, -0.05) is 12.1 Å². The van der Waals surface area contributed by atoms with Crippen molar-refractivity contribution in [2.45, 2.75) is 31.8 Å². The third-order valence-corrected chi connectivity index (χ3v) is 5.83. The van der Waals surface area contributed by atoms with E-state index in [1.165, 1.54) is 6.07 Å². The van der Waals surface area contributed by atoms with Gasteiger partial charge in [-0.2, -0.15) is 0 Å². The Kier molecular flexibility index (Phi) is 4.63. The molecule has 1 N–H and O–H groups in total. The van der Waals surface area contributed by atoms with Crippen LogP contribution in [-0.2, 0) is 0 Å². The van der Waals surface area contributed by atoms with E-state index in [-0.39, 0.29) is 11.9 Å². The van der Waals surface area contributed by atoms with Crippen molar-refractivity contribution in [2.24, 2.45) is 0 Å². The van der Waals surface area contributed by atoms with Gasteiger partial charge in [0.15, 0.2) is 0 Å². The molecule has 3 aromatic rings. The quantitative estimate of drug-likeness (QED) is 0.749. The molecule has 4 nitrogen and oxygen atoms in total. The van der Waals surface area contributed by atoms with Gasteiger partial charge in [0, 0.05) is 25.2 Å². The average Bonchev–Trinajstić information content (AvgIpc) is 3.12. The molecule has 0 spiro atoms. The lowest BCUT2D eigenvalue weighted by molar-refractivity contribution is 0.167. The van der Waals surface area contributed by atoms with E-state index in [4.69, 9.17) is 0 Å². The zero-order valence-corrected chi connectivity index (χ0v) is 15.0. The molecule has 0 saturated carbocycles. The summed E-state index contributed by atoms with van der Waals surface area (Å²) in [6, 6.07) is 9.66. The van der Waals surface area contributed by atoms with Crippen LogP contribution in [0.4, 0.5) is 10.2 Å². The van der Waals surface area contributed by atoms with Gasteiger partial charge in [-0.15, -0.1) is 11.3 Å². The molecule has 25 heavy (non-hydrogen) atoms. The molecule has 0 aliphatic carbocycles. The fourth-order valence-corrected chi connectivity index (χ4v) is 4.24. The smallest absolute Gasteiger partial charge is 0.138 e. The van der Waals surface area contributed by atoms with E-state index in [9.17, 15) is 4.39 Å². The molecule has 1 saturated heterocycles. The standard InChI is InChI=1S/C19H21FN4S/c1-13(14-3-2-4-15(20)11-14)24-8-5-16(6-9-24)23-18-17-7-10-25-19(17)22-12-21-18/h2-4,7,10-13,16H,5-6,8-9H2,1H3,(H,21,22,23). The van der Waals surface area contributed by atoms with Crippen LogP contribution < -0.4 is 5.32 Å². The van der Waals surface area contributed by atoms with E-state index < -0.39 is 0 Å². The molecule has 6 heteroatoms. The lowest BCUT2D eigenvalue weighted by atomic mass is 10.00. The Morgan fingerprint density at radius 2 is 2.08 bits per heavy atom. The predicted molar refractivity (Wildman–Crippen MR) is 100 cm³/mol. The van der Waals surface area contributed by atoms with E-state index in [2.05, 4.69) is 33.2 Å². The van der Waals surface area contributed by atoms with Crippen molar-refractivity contribution in [3.8, 4) is 0 Å². The number of anilines is 1. The SMILES string of the molecule is CC(c1cccc(F)c1)N1CCC(Nc2ncnc3sccc23)CC1. The third kappa shape index (κ3) is 3.50. The van der Waals surface area contributed by atoms with Crippen molar-refractivity contribution in [1.82, 2.24) is 14.9 Å². The van der Waals surface area contributed by atoms with Gasteiger partial charge in [0.1, 0.15) is 22.8 Å². The number of rotatable bonds is 4. The Bertz CT molecular complexity index is 857. The van der Waals surface area contributed by atoms with Crippen molar-refractivity contribution in [1.29, 1.82) is 0 Å². The van der Waals surface area contributed by atoms with E-state index in [0.29, 0.717) is 6.04 Å². The van der Waals surface area contributed by atoms with E-state index >= 15 is 0 Å². The number of aromatic nitrogens is 2. The summed E-state index contributed by atoms with van der Waals surface area (Å²) in [5.41, 5.74) is 1.04. The van der Waals surface area contributed by atoms with Crippen molar-refractivity contribution >= 4 is 27.4 Å². The number of piperidine rings is 1. The second-order valence-electron chi connectivity index (χ2n) is 6.55. The highest BCUT2D eigenvalue weighted by Gasteiger charge is 2.24. The molecule has 2 aromatic heterocycles. The number of hydrogen-bond acceptors (Lipinski definition) is 5. The maximum absolute atomic E-state index is 13.5. The minimum absolute atomic E-state index is 0.163. The summed E-state index contributed by atoms with van der Waals surface area (Å²) in [4.78, 5) is 12.2. The van der Waals surface area contributed by atoms with Crippen LogP contribution >= 0.6 is 11.3 Å². The molecule has 1 aliphatic heterocycles. The maximum atomic E-state index is 13.5. The number of likely N-dealkylation sites (tertiary alicyclic amines) is 1. The Labute approximate surface area is 150 Å². The molecular formula is C19H21FN4S. The molecule has 1 fully saturated rings. The molecule has 1 aliphatic rings. The van der Waals surface area contributed by atoms with Crippen molar-refractivity contribution in [2.75, 3.05) is 18.4 Å². The number of halogens is 1. The second kappa shape index (κ2) is 7.06. The first-order valence-electron chi connectivity index (χ1n) is 8.65. The van der Waals surface area contributed by atoms with Gasteiger partial charge in [-0.25, -0.2) is 14.4 Å². The normalized spacial score (nSPS) is 17.7. The zero-order valence-electron chi connectivity index (χ0n) is 14.2. The highest BCUT2D eigenvalue weighted by molar-refractivity contribution is 7.16. The predicted octanol–water partition coefficient (Wildman–Crippen LogP) is 4.47. The summed E-state index contributed by atoms with van der Waals surface area (Å²) < 4.78 is 13.5. The van der Waals surface area contributed by atoms with Gasteiger partial charge in [-0.3, -0.25) is 4.90 Å². The van der Waals surface area contributed by atoms with Crippen molar-refractivity contribution in [3.05, 3.63) is 53.4 Å². The molecule has 4 rings (SSSR count). The van der Waals surface area contributed by atoms with Gasteiger partial charge in [0.05, 0.1) is 5.39 Å². The minimum atomic E-state index is -0.163. The molecule has 0 amide bonds. The van der Waals surface area contributed by atoms with Crippen LogP contribution in [0.2, 0.25) is 0 Å². The maximum Gasteiger partial charge on any atom is 0.138 e. The van der Waals surface area contributed by atoms with Gasteiger partial charge in [0.25, 0.3) is 0 Å². The summed E-state index contributed by atoms with van der Waals surface area (Å²) in [5.74, 6) is 0.771. The largest absolute Gasteiger partial charge is 0.367 e. The number of nitrogens with zero attached hydrogens (tertiary/aromatic N) is 3. The average molecular weight is 356 g/mol. The van der Waals surface area contributed by atoms with Crippen LogP contribution in [-0.4, -0.2) is 34.0 Å². The lowest BCUT2D eigenvalue weighted by Gasteiger charge is -2.36. The van der Waals surface area contributed by atoms with Crippen LogP contribution in [0.5, 0.6) is 0 Å². The van der Waals surface area contributed by atoms with Gasteiger partial charge >= 0.3 is 0 Å². The third-order valence-electron chi connectivity index (χ3n) is 5.01. The monoisotopic (exact) mass is 356 g/mol. The highest BCUT2D eigenvalue weighted by Crippen LogP contribution is 2.28. The summed E-state index contributed by atoms with van der Waals surface area (Å²) in [7, 11) is 0. The summed E-state index contributed by atoms with van der Waals surface area (Å²) in [6.45, 7) is 4.14. The van der Waals surface area contributed by atoms with Crippen LogP contribution in [0.3, 0.4) is 0 Å². The molecule has 0 radical (unpaired) electrons. The highest BCUT2D eigenvalue weighted by atomic mass is 32.1. The zero-order chi connectivity index (χ0) is 17.2. The van der Waals surface area contributed by atoms with Crippen molar-refractivity contribution < 1.29 is 4.39 Å². The molecule has 1 unspecified atom stereocenters. The van der Waals surface area contributed by atoms with E-state index in [0.717, 1.165) is 47.5 Å². The Morgan fingerprint density at radius 1 is 1.24 bits per heavy atom. The van der Waals surface area contributed by atoms with Gasteiger partial charge < -0.3 is 5.32 Å². The first-order chi connectivity index (χ1) is 12.2.